The van der Waals surface area contributed by atoms with Crippen LogP contribution in [0.1, 0.15) is 13.3 Å². The molecule has 0 aromatic carbocycles. The first-order valence-electron chi connectivity index (χ1n) is 1.91. The first-order valence-corrected chi connectivity index (χ1v) is 11.8. The van der Waals surface area contributed by atoms with Crippen LogP contribution in [0.3, 0.4) is 0 Å². The Balaban J connectivity index is -0.0000000575. The fourth-order valence-corrected chi connectivity index (χ4v) is 0. The first kappa shape index (κ1) is 17.7. The molecule has 0 rings (SSSR count). The molecule has 0 aliphatic rings. The van der Waals surface area contributed by atoms with Gasteiger partial charge in [-0.3, -0.25) is 0 Å². The van der Waals surface area contributed by atoms with E-state index in [4.69, 9.17) is 0 Å². The van der Waals surface area contributed by atoms with Gasteiger partial charge in [-0.1, -0.05) is 6.92 Å². The summed E-state index contributed by atoms with van der Waals surface area (Å²) >= 11 is 5.52. The predicted molar refractivity (Wildman–Crippen MR) is 46.1 cm³/mol. The van der Waals surface area contributed by atoms with Crippen molar-refractivity contribution >= 4 is 25.0 Å². The van der Waals surface area contributed by atoms with Gasteiger partial charge in [-0.2, -0.15) is 0 Å². The average molecular weight is 614 g/mol. The minimum absolute atomic E-state index is 0. The van der Waals surface area contributed by atoms with E-state index in [-0.39, 0.29) is 24.0 Å². The molecule has 0 aromatic heterocycles. The molecule has 0 fully saturated rings. The molecule has 5 heteroatoms. The van der Waals surface area contributed by atoms with Crippen molar-refractivity contribution in [1.82, 2.24) is 0 Å². The van der Waals surface area contributed by atoms with E-state index in [0.717, 1.165) is 37.1 Å². The van der Waals surface area contributed by atoms with Gasteiger partial charge in [0.1, 0.15) is 0 Å². The molecule has 0 saturated carbocycles. The van der Waals surface area contributed by atoms with Crippen molar-refractivity contribution < 1.29 is 60.2 Å². The van der Waals surface area contributed by atoms with E-state index in [1.165, 1.54) is 6.42 Å². The van der Waals surface area contributed by atoms with Gasteiger partial charge in [0.2, 0.25) is 0 Å². The number of hydrogen-bond acceptors (Lipinski definition) is 0. The monoisotopic (exact) mass is 615 g/mol. The Hall–Kier alpha value is 3.67. The summed E-state index contributed by atoms with van der Waals surface area (Å²) in [5.74, 6) is 0. The zero-order valence-electron chi connectivity index (χ0n) is 4.52. The Morgan fingerprint density at radius 3 is 1.62 bits per heavy atom. The quantitative estimate of drug-likeness (QED) is 0.346. The third-order valence-electron chi connectivity index (χ3n) is 0.354. The Kier molecular flexibility index (Phi) is 49.5. The molecular formula is C3H10I3NYb. The fourth-order valence-electron chi connectivity index (χ4n) is 0. The van der Waals surface area contributed by atoms with Crippen LogP contribution in [0.15, 0.2) is 0 Å². The van der Waals surface area contributed by atoms with Crippen molar-refractivity contribution in [2.24, 2.45) is 0 Å². The molecule has 8 heavy (non-hydrogen) atoms. The number of halogens is 3. The van der Waals surface area contributed by atoms with Crippen LogP contribution >= 0.6 is 25.0 Å². The molecule has 0 unspecified atom stereocenters. The normalized spacial score (nSPS) is 6.50. The maximum absolute atomic E-state index is 3.60. The molecule has 0 aromatic rings. The molecule has 0 amide bonds. The van der Waals surface area contributed by atoms with E-state index < -0.39 is 0 Å². The van der Waals surface area contributed by atoms with E-state index in [2.05, 4.69) is 37.7 Å². The molecule has 0 heterocycles. The van der Waals surface area contributed by atoms with E-state index in [1.807, 2.05) is 0 Å². The molecule has 0 bridgehead atoms. The number of quaternary nitrogens is 1. The van der Waals surface area contributed by atoms with Gasteiger partial charge in [-0.25, -0.2) is 0 Å². The van der Waals surface area contributed by atoms with Crippen molar-refractivity contribution in [3.8, 4) is 0 Å². The molecule has 1 nitrogen and oxygen atoms in total. The van der Waals surface area contributed by atoms with Gasteiger partial charge in [-0.15, -0.1) is 0 Å². The summed E-state index contributed by atoms with van der Waals surface area (Å²) in [6.07, 6.45) is 1.21. The Bertz CT molecular complexity index is 22.0. The van der Waals surface area contributed by atoms with Crippen LogP contribution in [0.2, 0.25) is 0 Å². The second-order valence-corrected chi connectivity index (χ2v) is 13.6. The zero-order valence-corrected chi connectivity index (χ0v) is 12.7. The molecule has 0 spiro atoms. The van der Waals surface area contributed by atoms with Gasteiger partial charge >= 0.3 is 55.5 Å². The van der Waals surface area contributed by atoms with Crippen molar-refractivity contribution in [1.29, 1.82) is 0 Å². The molecule has 0 saturated heterocycles. The summed E-state index contributed by atoms with van der Waals surface area (Å²) in [6, 6.07) is 0. The summed E-state index contributed by atoms with van der Waals surface area (Å²) in [7, 11) is 0. The van der Waals surface area contributed by atoms with E-state index in [9.17, 15) is 0 Å². The van der Waals surface area contributed by atoms with Gasteiger partial charge in [0, 0.05) is 0 Å². The van der Waals surface area contributed by atoms with Gasteiger partial charge < -0.3 is 29.7 Å². The summed E-state index contributed by atoms with van der Waals surface area (Å²) in [6.45, 7) is 3.19. The molecule has 0 aliphatic heterocycles. The Morgan fingerprint density at radius 2 is 1.62 bits per heavy atom. The fraction of sp³-hybridized carbons (Fsp3) is 1.00. The van der Waals surface area contributed by atoms with Crippen LogP contribution in [0.25, 0.3) is 0 Å². The molecule has 0 aliphatic carbocycles. The number of hydrogen-bond donors (Lipinski definition) is 1. The summed E-state index contributed by atoms with van der Waals surface area (Å²) in [4.78, 5) is 0. The van der Waals surface area contributed by atoms with E-state index in [1.54, 1.807) is 0 Å². The van der Waals surface area contributed by atoms with Crippen LogP contribution in [-0.2, 0) is 0 Å². The molecule has 3 N–H and O–H groups in total. The van der Waals surface area contributed by atoms with Crippen LogP contribution in [0.4, 0.5) is 0 Å². The van der Waals surface area contributed by atoms with Crippen LogP contribution in [-0.4, -0.2) is 6.54 Å². The van der Waals surface area contributed by atoms with Crippen molar-refractivity contribution in [3.63, 3.8) is 0 Å². The Labute approximate surface area is 102 Å². The minimum atomic E-state index is 0. The van der Waals surface area contributed by atoms with Crippen molar-refractivity contribution in [2.45, 2.75) is 13.3 Å². The topological polar surface area (TPSA) is 27.6 Å². The van der Waals surface area contributed by atoms with Crippen molar-refractivity contribution in [3.05, 3.63) is 0 Å². The average Bonchev–Trinajstić information content (AvgIpc) is 1.69. The molecular weight excluding hydrogens is 604 g/mol. The molecule has 0 atom stereocenters. The van der Waals surface area contributed by atoms with Crippen LogP contribution < -0.4 is 29.7 Å². The number of rotatable bonds is 1. The predicted octanol–water partition coefficient (Wildman–Crippen LogP) is -1.59. The van der Waals surface area contributed by atoms with Gasteiger partial charge in [0.05, 0.1) is 6.54 Å². The van der Waals surface area contributed by atoms with Gasteiger partial charge in [0.25, 0.3) is 0 Å². The molecule has 62 valence electrons. The van der Waals surface area contributed by atoms with E-state index >= 15 is 0 Å². The van der Waals surface area contributed by atoms with Crippen LogP contribution in [0.5, 0.6) is 0 Å². The second kappa shape index (κ2) is 22.4. The van der Waals surface area contributed by atoms with Gasteiger partial charge in [-0.05, 0) is 6.42 Å². The maximum atomic E-state index is 3.60. The second-order valence-electron chi connectivity index (χ2n) is 0.892. The van der Waals surface area contributed by atoms with Crippen molar-refractivity contribution in [2.75, 3.05) is 6.54 Å². The van der Waals surface area contributed by atoms with E-state index in [0.29, 0.717) is 0 Å². The first-order chi connectivity index (χ1) is 3.33. The summed E-state index contributed by atoms with van der Waals surface area (Å²) in [5.41, 5.74) is 3.60. The molecule has 0 radical (unpaired) electrons. The third kappa shape index (κ3) is 33.3. The third-order valence-corrected chi connectivity index (χ3v) is 0.354. The summed E-state index contributed by atoms with van der Waals surface area (Å²) < 4.78 is 0. The zero-order chi connectivity index (χ0) is 6.12. The summed E-state index contributed by atoms with van der Waals surface area (Å²) in [5, 5.41) is 0. The Morgan fingerprint density at radius 1 is 1.50 bits per heavy atom. The SMILES string of the molecule is CCC[NH3+].[I-].[I][Yb][I]. The van der Waals surface area contributed by atoms with Gasteiger partial charge in [0.15, 0.2) is 0 Å². The standard InChI is InChI=1S/C3H9N.3HI.Yb/c1-2-3-4;;;;/h2-4H2,1H3;3*1H;/q;;;;+2/p-2. The van der Waals surface area contributed by atoms with Crippen LogP contribution in [0, 0.1) is 30.5 Å².